The van der Waals surface area contributed by atoms with Crippen molar-refractivity contribution in [1.29, 1.82) is 0 Å². The van der Waals surface area contributed by atoms with Crippen LogP contribution in [0.2, 0.25) is 0 Å². The minimum atomic E-state index is -4.29. The molecule has 2 aromatic carbocycles. The van der Waals surface area contributed by atoms with Crippen LogP contribution in [-0.4, -0.2) is 0 Å². The summed E-state index contributed by atoms with van der Waals surface area (Å²) in [5, 5.41) is 0. The van der Waals surface area contributed by atoms with Crippen LogP contribution in [0.15, 0.2) is 42.5 Å². The molecule has 0 aliphatic carbocycles. The summed E-state index contributed by atoms with van der Waals surface area (Å²) in [6.07, 6.45) is -4.29. The first-order valence-electron chi connectivity index (χ1n) is 6.23. The van der Waals surface area contributed by atoms with Crippen molar-refractivity contribution in [3.8, 4) is 0 Å². The predicted molar refractivity (Wildman–Crippen MR) is 72.2 cm³/mol. The van der Waals surface area contributed by atoms with E-state index in [1.165, 1.54) is 17.7 Å². The third-order valence-electron chi connectivity index (χ3n) is 3.51. The molecule has 0 saturated carbocycles. The molecule has 0 amide bonds. The van der Waals surface area contributed by atoms with Crippen molar-refractivity contribution in [2.24, 2.45) is 0 Å². The van der Waals surface area contributed by atoms with Crippen LogP contribution in [0.25, 0.3) is 0 Å². The molecule has 2 aromatic rings. The van der Waals surface area contributed by atoms with Crippen molar-refractivity contribution in [3.05, 3.63) is 59.2 Å². The smallest absolute Gasteiger partial charge is 0.399 e. The van der Waals surface area contributed by atoms with Gasteiger partial charge < -0.3 is 10.6 Å². The summed E-state index contributed by atoms with van der Waals surface area (Å²) >= 11 is 0. The first-order valence-corrected chi connectivity index (χ1v) is 6.23. The Morgan fingerprint density at radius 1 is 0.900 bits per heavy atom. The molecule has 3 rings (SSSR count). The van der Waals surface area contributed by atoms with E-state index in [0.29, 0.717) is 18.8 Å². The third-order valence-corrected chi connectivity index (χ3v) is 3.51. The molecule has 2 N–H and O–H groups in total. The zero-order valence-corrected chi connectivity index (χ0v) is 10.6. The number of nitrogens with zero attached hydrogens (tertiary/aromatic N) is 1. The van der Waals surface area contributed by atoms with Crippen LogP contribution in [0.3, 0.4) is 0 Å². The molecule has 1 aliphatic rings. The highest BCUT2D eigenvalue weighted by molar-refractivity contribution is 5.55. The zero-order chi connectivity index (χ0) is 14.3. The number of rotatable bonds is 1. The number of alkyl halides is 3. The summed E-state index contributed by atoms with van der Waals surface area (Å²) in [6, 6.07) is 11.0. The van der Waals surface area contributed by atoms with Crippen molar-refractivity contribution in [2.75, 3.05) is 10.6 Å². The molecule has 0 saturated heterocycles. The number of nitrogen functional groups attached to an aromatic ring is 1. The van der Waals surface area contributed by atoms with Crippen LogP contribution in [0.4, 0.5) is 24.5 Å². The van der Waals surface area contributed by atoms with Gasteiger partial charge in [0.25, 0.3) is 0 Å². The van der Waals surface area contributed by atoms with Crippen LogP contribution in [0, 0.1) is 0 Å². The van der Waals surface area contributed by atoms with E-state index in [1.807, 2.05) is 23.1 Å². The van der Waals surface area contributed by atoms with Crippen molar-refractivity contribution < 1.29 is 13.2 Å². The second-order valence-corrected chi connectivity index (χ2v) is 4.93. The van der Waals surface area contributed by atoms with Crippen LogP contribution in [0.1, 0.15) is 16.7 Å². The quantitative estimate of drug-likeness (QED) is 0.804. The van der Waals surface area contributed by atoms with Gasteiger partial charge in [0.05, 0.1) is 5.56 Å². The number of halogens is 3. The van der Waals surface area contributed by atoms with Crippen LogP contribution < -0.4 is 10.6 Å². The van der Waals surface area contributed by atoms with Gasteiger partial charge in [0.2, 0.25) is 0 Å². The number of hydrogen-bond acceptors (Lipinski definition) is 2. The molecular formula is C15H13F3N2. The monoisotopic (exact) mass is 278 g/mol. The lowest BCUT2D eigenvalue weighted by atomic mass is 10.1. The Morgan fingerprint density at radius 3 is 2.20 bits per heavy atom. The van der Waals surface area contributed by atoms with E-state index in [4.69, 9.17) is 5.73 Å². The van der Waals surface area contributed by atoms with Crippen molar-refractivity contribution in [2.45, 2.75) is 19.3 Å². The lowest BCUT2D eigenvalue weighted by molar-refractivity contribution is -0.137. The molecule has 0 fully saturated rings. The summed E-state index contributed by atoms with van der Waals surface area (Å²) in [4.78, 5) is 2.03. The maximum Gasteiger partial charge on any atom is 0.416 e. The van der Waals surface area contributed by atoms with Crippen LogP contribution in [0.5, 0.6) is 0 Å². The molecular weight excluding hydrogens is 265 g/mol. The van der Waals surface area contributed by atoms with E-state index in [-0.39, 0.29) is 0 Å². The maximum absolute atomic E-state index is 12.5. The van der Waals surface area contributed by atoms with Gasteiger partial charge in [0.1, 0.15) is 0 Å². The summed E-state index contributed by atoms with van der Waals surface area (Å²) < 4.78 is 37.6. The molecule has 2 nitrogen and oxygen atoms in total. The third kappa shape index (κ3) is 2.31. The Hall–Kier alpha value is -2.17. The first-order chi connectivity index (χ1) is 9.43. The van der Waals surface area contributed by atoms with Gasteiger partial charge in [-0.05, 0) is 47.5 Å². The molecule has 0 atom stereocenters. The molecule has 0 bridgehead atoms. The Morgan fingerprint density at radius 2 is 1.55 bits per heavy atom. The number of anilines is 2. The number of benzene rings is 2. The molecule has 5 heteroatoms. The average molecular weight is 278 g/mol. The Bertz CT molecular complexity index is 633. The minimum Gasteiger partial charge on any atom is -0.399 e. The fourth-order valence-corrected chi connectivity index (χ4v) is 2.46. The van der Waals surface area contributed by atoms with Gasteiger partial charge in [-0.2, -0.15) is 13.2 Å². The molecule has 0 unspecified atom stereocenters. The molecule has 1 aliphatic heterocycles. The fourth-order valence-electron chi connectivity index (χ4n) is 2.46. The normalized spacial score (nSPS) is 14.4. The highest BCUT2D eigenvalue weighted by Gasteiger charge is 2.30. The Balaban J connectivity index is 1.83. The summed E-state index contributed by atoms with van der Waals surface area (Å²) in [6.45, 7) is 1.37. The van der Waals surface area contributed by atoms with Gasteiger partial charge in [-0.1, -0.05) is 6.07 Å². The second kappa shape index (κ2) is 4.44. The Kier molecular flexibility index (Phi) is 2.85. The predicted octanol–water partition coefficient (Wildman–Crippen LogP) is 3.81. The van der Waals surface area contributed by atoms with Gasteiger partial charge >= 0.3 is 6.18 Å². The van der Waals surface area contributed by atoms with Gasteiger partial charge in [-0.3, -0.25) is 0 Å². The maximum atomic E-state index is 12.5. The summed E-state index contributed by atoms with van der Waals surface area (Å²) in [5.74, 6) is 0. The van der Waals surface area contributed by atoms with E-state index >= 15 is 0 Å². The van der Waals surface area contributed by atoms with E-state index in [9.17, 15) is 13.2 Å². The topological polar surface area (TPSA) is 29.3 Å². The first kappa shape index (κ1) is 12.8. The lowest BCUT2D eigenvalue weighted by Crippen LogP contribution is -2.14. The van der Waals surface area contributed by atoms with E-state index in [1.54, 1.807) is 0 Å². The fraction of sp³-hybridized carbons (Fsp3) is 0.200. The van der Waals surface area contributed by atoms with E-state index in [0.717, 1.165) is 23.4 Å². The SMILES string of the molecule is Nc1ccc2c(c1)CN(c1ccc(C(F)(F)F)cc1)C2. The molecule has 0 spiro atoms. The standard InChI is InChI=1S/C15H13F3N2/c16-15(17,18)12-2-5-14(6-3-12)20-8-10-1-4-13(19)7-11(10)9-20/h1-7H,8-9,19H2. The highest BCUT2D eigenvalue weighted by Crippen LogP contribution is 2.33. The van der Waals surface area contributed by atoms with Crippen molar-refractivity contribution in [1.82, 2.24) is 0 Å². The number of fused-ring (bicyclic) bond motifs is 1. The summed E-state index contributed by atoms with van der Waals surface area (Å²) in [5.41, 5.74) is 8.90. The van der Waals surface area contributed by atoms with E-state index in [2.05, 4.69) is 0 Å². The minimum absolute atomic E-state index is 0.623. The lowest BCUT2D eigenvalue weighted by Gasteiger charge is -2.18. The molecule has 0 aromatic heterocycles. The van der Waals surface area contributed by atoms with Crippen LogP contribution >= 0.6 is 0 Å². The number of hydrogen-bond donors (Lipinski definition) is 1. The van der Waals surface area contributed by atoms with Gasteiger partial charge in [0.15, 0.2) is 0 Å². The van der Waals surface area contributed by atoms with Crippen LogP contribution in [-0.2, 0) is 19.3 Å². The summed E-state index contributed by atoms with van der Waals surface area (Å²) in [7, 11) is 0. The number of nitrogens with two attached hydrogens (primary N) is 1. The van der Waals surface area contributed by atoms with E-state index < -0.39 is 11.7 Å². The van der Waals surface area contributed by atoms with Crippen molar-refractivity contribution >= 4 is 11.4 Å². The molecule has 104 valence electrons. The second-order valence-electron chi connectivity index (χ2n) is 4.93. The average Bonchev–Trinajstić information content (AvgIpc) is 2.80. The van der Waals surface area contributed by atoms with Gasteiger partial charge in [-0.15, -0.1) is 0 Å². The van der Waals surface area contributed by atoms with Gasteiger partial charge in [0, 0.05) is 24.5 Å². The zero-order valence-electron chi connectivity index (χ0n) is 10.6. The Labute approximate surface area is 114 Å². The molecule has 0 radical (unpaired) electrons. The molecule has 1 heterocycles. The van der Waals surface area contributed by atoms with Gasteiger partial charge in [-0.25, -0.2) is 0 Å². The molecule has 20 heavy (non-hydrogen) atoms. The van der Waals surface area contributed by atoms with Crippen molar-refractivity contribution in [3.63, 3.8) is 0 Å². The highest BCUT2D eigenvalue weighted by atomic mass is 19.4. The largest absolute Gasteiger partial charge is 0.416 e.